The van der Waals surface area contributed by atoms with Crippen LogP contribution in [0.5, 0.6) is 0 Å². The van der Waals surface area contributed by atoms with E-state index in [4.69, 9.17) is 4.74 Å². The molecule has 1 aliphatic heterocycles. The Labute approximate surface area is 88.6 Å². The maximum absolute atomic E-state index is 5.82. The van der Waals surface area contributed by atoms with Gasteiger partial charge in [-0.1, -0.05) is 13.8 Å². The lowest BCUT2D eigenvalue weighted by molar-refractivity contribution is -0.0280. The Balaban J connectivity index is 2.17. The Morgan fingerprint density at radius 2 is 1.71 bits per heavy atom. The van der Waals surface area contributed by atoms with Gasteiger partial charge in [0.1, 0.15) is 0 Å². The zero-order valence-electron chi connectivity index (χ0n) is 10.1. The molecule has 0 N–H and O–H groups in total. The molecule has 0 aromatic heterocycles. The molecule has 0 spiro atoms. The Hall–Kier alpha value is -0.0800. The fraction of sp³-hybridized carbons (Fsp3) is 1.00. The second kappa shape index (κ2) is 5.72. The third kappa shape index (κ3) is 4.43. The van der Waals surface area contributed by atoms with Crippen LogP contribution in [-0.2, 0) is 4.74 Å². The molecule has 2 heteroatoms. The molecule has 0 amide bonds. The summed E-state index contributed by atoms with van der Waals surface area (Å²) in [6.07, 6.45) is 3.32. The van der Waals surface area contributed by atoms with Crippen molar-refractivity contribution in [2.45, 2.75) is 52.7 Å². The van der Waals surface area contributed by atoms with E-state index in [0.717, 1.165) is 5.92 Å². The third-order valence-electron chi connectivity index (χ3n) is 2.62. The highest BCUT2D eigenvalue weighted by Gasteiger charge is 2.20. The number of nitrogens with zero attached hydrogens (tertiary/aromatic N) is 1. The molecule has 0 radical (unpaired) electrons. The van der Waals surface area contributed by atoms with E-state index >= 15 is 0 Å². The summed E-state index contributed by atoms with van der Waals surface area (Å²) >= 11 is 0. The quantitative estimate of drug-likeness (QED) is 0.690. The van der Waals surface area contributed by atoms with Crippen LogP contribution in [0.25, 0.3) is 0 Å². The largest absolute Gasteiger partial charge is 0.375 e. The molecule has 0 aromatic rings. The molecule has 0 aliphatic carbocycles. The van der Waals surface area contributed by atoms with Crippen molar-refractivity contribution in [2.75, 3.05) is 19.6 Å². The molecule has 1 saturated heterocycles. The van der Waals surface area contributed by atoms with Crippen molar-refractivity contribution >= 4 is 0 Å². The van der Waals surface area contributed by atoms with Crippen LogP contribution in [-0.4, -0.2) is 36.7 Å². The van der Waals surface area contributed by atoms with Gasteiger partial charge in [-0.15, -0.1) is 0 Å². The van der Waals surface area contributed by atoms with E-state index in [1.807, 2.05) is 0 Å². The maximum Gasteiger partial charge on any atom is 0.0603 e. The number of likely N-dealkylation sites (tertiary alicyclic amines) is 1. The minimum absolute atomic E-state index is 0.386. The molecular formula is C12H25NO. The Morgan fingerprint density at radius 3 is 2.14 bits per heavy atom. The topological polar surface area (TPSA) is 12.5 Å². The summed E-state index contributed by atoms with van der Waals surface area (Å²) in [4.78, 5) is 2.56. The number of ether oxygens (including phenoxy) is 1. The molecule has 1 heterocycles. The molecule has 0 aromatic carbocycles. The second-order valence-electron chi connectivity index (χ2n) is 5.08. The Morgan fingerprint density at radius 1 is 1.14 bits per heavy atom. The first kappa shape index (κ1) is 12.0. The molecule has 0 atom stereocenters. The summed E-state index contributed by atoms with van der Waals surface area (Å²) < 4.78 is 5.82. The lowest BCUT2D eigenvalue weighted by Gasteiger charge is -2.33. The van der Waals surface area contributed by atoms with Crippen molar-refractivity contribution in [1.82, 2.24) is 4.90 Å². The van der Waals surface area contributed by atoms with Gasteiger partial charge < -0.3 is 9.64 Å². The van der Waals surface area contributed by atoms with E-state index in [2.05, 4.69) is 32.6 Å². The minimum atomic E-state index is 0.386. The van der Waals surface area contributed by atoms with Gasteiger partial charge in [-0.05, 0) is 32.6 Å². The highest BCUT2D eigenvalue weighted by Crippen LogP contribution is 2.16. The van der Waals surface area contributed by atoms with E-state index in [1.165, 1.54) is 32.5 Å². The molecule has 1 fully saturated rings. The van der Waals surface area contributed by atoms with Gasteiger partial charge in [-0.3, -0.25) is 0 Å². The van der Waals surface area contributed by atoms with E-state index in [-0.39, 0.29) is 0 Å². The third-order valence-corrected chi connectivity index (χ3v) is 2.62. The molecule has 0 unspecified atom stereocenters. The average molecular weight is 199 g/mol. The van der Waals surface area contributed by atoms with Crippen molar-refractivity contribution in [1.29, 1.82) is 0 Å². The van der Waals surface area contributed by atoms with Gasteiger partial charge >= 0.3 is 0 Å². The standard InChI is InChI=1S/C12H25NO/c1-10(2)9-13-7-5-12(6-8-13)14-11(3)4/h10-12H,5-9H2,1-4H3. The lowest BCUT2D eigenvalue weighted by Crippen LogP contribution is -2.39. The lowest BCUT2D eigenvalue weighted by atomic mass is 10.1. The summed E-state index contributed by atoms with van der Waals surface area (Å²) in [5.74, 6) is 0.789. The van der Waals surface area contributed by atoms with Gasteiger partial charge in [0.15, 0.2) is 0 Å². The molecule has 0 bridgehead atoms. The second-order valence-corrected chi connectivity index (χ2v) is 5.08. The number of piperidine rings is 1. The van der Waals surface area contributed by atoms with Crippen LogP contribution in [0.2, 0.25) is 0 Å². The van der Waals surface area contributed by atoms with Crippen molar-refractivity contribution < 1.29 is 4.74 Å². The van der Waals surface area contributed by atoms with Gasteiger partial charge in [0.25, 0.3) is 0 Å². The summed E-state index contributed by atoms with van der Waals surface area (Å²) in [6, 6.07) is 0. The molecule has 14 heavy (non-hydrogen) atoms. The zero-order chi connectivity index (χ0) is 10.6. The maximum atomic E-state index is 5.82. The van der Waals surface area contributed by atoms with Gasteiger partial charge in [-0.25, -0.2) is 0 Å². The molecule has 1 rings (SSSR count). The Bertz CT molecular complexity index is 130. The number of hydrogen-bond acceptors (Lipinski definition) is 2. The molecule has 2 nitrogen and oxygen atoms in total. The predicted octanol–water partition coefficient (Wildman–Crippen LogP) is 2.53. The number of rotatable bonds is 4. The summed E-state index contributed by atoms with van der Waals surface area (Å²) in [6.45, 7) is 12.5. The normalized spacial score (nSPS) is 21.0. The smallest absolute Gasteiger partial charge is 0.0603 e. The first-order valence-electron chi connectivity index (χ1n) is 5.95. The van der Waals surface area contributed by atoms with Crippen LogP contribution in [0.1, 0.15) is 40.5 Å². The highest BCUT2D eigenvalue weighted by molar-refractivity contribution is 4.73. The van der Waals surface area contributed by atoms with Crippen molar-refractivity contribution in [3.05, 3.63) is 0 Å². The SMILES string of the molecule is CC(C)CN1CCC(OC(C)C)CC1. The first-order chi connectivity index (χ1) is 6.58. The molecular weight excluding hydrogens is 174 g/mol. The summed E-state index contributed by atoms with van der Waals surface area (Å²) in [5, 5.41) is 0. The molecule has 1 aliphatic rings. The predicted molar refractivity (Wildman–Crippen MR) is 60.5 cm³/mol. The summed E-state index contributed by atoms with van der Waals surface area (Å²) in [5.41, 5.74) is 0. The average Bonchev–Trinajstić information content (AvgIpc) is 2.06. The van der Waals surface area contributed by atoms with E-state index in [9.17, 15) is 0 Å². The highest BCUT2D eigenvalue weighted by atomic mass is 16.5. The van der Waals surface area contributed by atoms with E-state index in [0.29, 0.717) is 12.2 Å². The van der Waals surface area contributed by atoms with E-state index < -0.39 is 0 Å². The first-order valence-corrected chi connectivity index (χ1v) is 5.95. The fourth-order valence-electron chi connectivity index (χ4n) is 2.13. The van der Waals surface area contributed by atoms with E-state index in [1.54, 1.807) is 0 Å². The fourth-order valence-corrected chi connectivity index (χ4v) is 2.13. The molecule has 84 valence electrons. The summed E-state index contributed by atoms with van der Waals surface area (Å²) in [7, 11) is 0. The number of hydrogen-bond donors (Lipinski definition) is 0. The van der Waals surface area contributed by atoms with Gasteiger partial charge in [-0.2, -0.15) is 0 Å². The monoisotopic (exact) mass is 199 g/mol. The van der Waals surface area contributed by atoms with Crippen molar-refractivity contribution in [3.63, 3.8) is 0 Å². The van der Waals surface area contributed by atoms with Gasteiger partial charge in [0.2, 0.25) is 0 Å². The zero-order valence-corrected chi connectivity index (χ0v) is 10.1. The van der Waals surface area contributed by atoms with Crippen LogP contribution in [0.15, 0.2) is 0 Å². The van der Waals surface area contributed by atoms with Gasteiger partial charge in [0.05, 0.1) is 12.2 Å². The van der Waals surface area contributed by atoms with Crippen molar-refractivity contribution in [3.8, 4) is 0 Å². The van der Waals surface area contributed by atoms with Gasteiger partial charge in [0, 0.05) is 19.6 Å². The van der Waals surface area contributed by atoms with Crippen LogP contribution >= 0.6 is 0 Å². The van der Waals surface area contributed by atoms with Crippen LogP contribution in [0.4, 0.5) is 0 Å². The molecule has 0 saturated carbocycles. The van der Waals surface area contributed by atoms with Crippen molar-refractivity contribution in [2.24, 2.45) is 5.92 Å². The Kier molecular flexibility index (Phi) is 4.90. The minimum Gasteiger partial charge on any atom is -0.375 e. The van der Waals surface area contributed by atoms with Crippen LogP contribution in [0, 0.1) is 5.92 Å². The van der Waals surface area contributed by atoms with Crippen LogP contribution < -0.4 is 0 Å². The van der Waals surface area contributed by atoms with Crippen LogP contribution in [0.3, 0.4) is 0 Å².